The first-order valence-electron chi connectivity index (χ1n) is 9.88. The Morgan fingerprint density at radius 2 is 2.00 bits per heavy atom. The van der Waals surface area contributed by atoms with E-state index in [4.69, 9.17) is 13.9 Å². The first-order chi connectivity index (χ1) is 15.1. The Morgan fingerprint density at radius 3 is 2.84 bits per heavy atom. The van der Waals surface area contributed by atoms with Crippen LogP contribution in [0.15, 0.2) is 41.2 Å². The summed E-state index contributed by atoms with van der Waals surface area (Å²) in [5, 5.41) is 6.27. The molecule has 2 aliphatic rings. The molecule has 0 unspecified atom stereocenters. The SMILES string of the molecule is O=C(CN1CCc2nc(NC(=O)c3ccoc3)sc2C1)Nc1ccc2c(c1)OCCO2. The molecule has 10 heteroatoms. The summed E-state index contributed by atoms with van der Waals surface area (Å²) in [5.74, 6) is 0.976. The molecule has 2 N–H and O–H groups in total. The van der Waals surface area contributed by atoms with Crippen LogP contribution in [0.4, 0.5) is 10.8 Å². The average molecular weight is 440 g/mol. The van der Waals surface area contributed by atoms with Crippen molar-refractivity contribution in [3.63, 3.8) is 0 Å². The number of furan rings is 1. The molecule has 4 heterocycles. The largest absolute Gasteiger partial charge is 0.486 e. The lowest BCUT2D eigenvalue weighted by atomic mass is 10.2. The van der Waals surface area contributed by atoms with Crippen molar-refractivity contribution in [1.29, 1.82) is 0 Å². The van der Waals surface area contributed by atoms with Gasteiger partial charge in [-0.1, -0.05) is 0 Å². The number of benzene rings is 1. The Morgan fingerprint density at radius 1 is 1.13 bits per heavy atom. The fourth-order valence-electron chi connectivity index (χ4n) is 3.52. The summed E-state index contributed by atoms with van der Waals surface area (Å²) in [5.41, 5.74) is 2.09. The maximum atomic E-state index is 12.5. The van der Waals surface area contributed by atoms with Crippen molar-refractivity contribution in [3.8, 4) is 11.5 Å². The number of nitrogens with zero attached hydrogens (tertiary/aromatic N) is 2. The van der Waals surface area contributed by atoms with Crippen molar-refractivity contribution in [2.24, 2.45) is 0 Å². The van der Waals surface area contributed by atoms with Crippen LogP contribution in [0.2, 0.25) is 0 Å². The van der Waals surface area contributed by atoms with Crippen LogP contribution in [0.25, 0.3) is 0 Å². The highest BCUT2D eigenvalue weighted by atomic mass is 32.1. The summed E-state index contributed by atoms with van der Waals surface area (Å²) >= 11 is 1.43. The highest BCUT2D eigenvalue weighted by molar-refractivity contribution is 7.15. The molecule has 0 bridgehead atoms. The molecule has 0 fully saturated rings. The van der Waals surface area contributed by atoms with Gasteiger partial charge in [0.05, 0.1) is 24.1 Å². The van der Waals surface area contributed by atoms with Crippen LogP contribution in [0, 0.1) is 0 Å². The number of fused-ring (bicyclic) bond motifs is 2. The molecule has 0 spiro atoms. The molecule has 31 heavy (non-hydrogen) atoms. The molecule has 1 aromatic carbocycles. The van der Waals surface area contributed by atoms with E-state index in [1.165, 1.54) is 23.9 Å². The second kappa shape index (κ2) is 8.40. The van der Waals surface area contributed by atoms with Gasteiger partial charge >= 0.3 is 0 Å². The highest BCUT2D eigenvalue weighted by Gasteiger charge is 2.23. The van der Waals surface area contributed by atoms with E-state index >= 15 is 0 Å². The lowest BCUT2D eigenvalue weighted by Gasteiger charge is -2.25. The first kappa shape index (κ1) is 19.6. The minimum atomic E-state index is -0.254. The smallest absolute Gasteiger partial charge is 0.260 e. The quantitative estimate of drug-likeness (QED) is 0.628. The normalized spacial score (nSPS) is 15.2. The van der Waals surface area contributed by atoms with E-state index in [2.05, 4.69) is 20.5 Å². The molecule has 0 aliphatic carbocycles. The van der Waals surface area contributed by atoms with Gasteiger partial charge in [-0.05, 0) is 18.2 Å². The van der Waals surface area contributed by atoms with Crippen LogP contribution in [-0.2, 0) is 17.8 Å². The summed E-state index contributed by atoms with van der Waals surface area (Å²) in [7, 11) is 0. The number of anilines is 2. The van der Waals surface area contributed by atoms with E-state index in [1.54, 1.807) is 24.3 Å². The number of rotatable bonds is 5. The maximum absolute atomic E-state index is 12.5. The number of carbonyl (C=O) groups is 2. The van der Waals surface area contributed by atoms with E-state index in [1.807, 2.05) is 0 Å². The number of carbonyl (C=O) groups excluding carboxylic acids is 2. The van der Waals surface area contributed by atoms with Crippen LogP contribution in [-0.4, -0.2) is 48.0 Å². The van der Waals surface area contributed by atoms with Crippen molar-refractivity contribution >= 4 is 34.0 Å². The molecule has 0 atom stereocenters. The molecular formula is C21H20N4O5S. The number of amides is 2. The van der Waals surface area contributed by atoms with Gasteiger partial charge in [0.25, 0.3) is 5.91 Å². The van der Waals surface area contributed by atoms with Crippen molar-refractivity contribution in [2.45, 2.75) is 13.0 Å². The summed E-state index contributed by atoms with van der Waals surface area (Å²) in [6, 6.07) is 6.98. The van der Waals surface area contributed by atoms with E-state index in [0.717, 1.165) is 23.5 Å². The van der Waals surface area contributed by atoms with Gasteiger partial charge in [0, 0.05) is 36.1 Å². The Balaban J connectivity index is 1.17. The minimum absolute atomic E-state index is 0.0990. The lowest BCUT2D eigenvalue weighted by molar-refractivity contribution is -0.117. The zero-order valence-corrected chi connectivity index (χ0v) is 17.4. The number of aromatic nitrogens is 1. The predicted octanol–water partition coefficient (Wildman–Crippen LogP) is 2.76. The third-order valence-corrected chi connectivity index (χ3v) is 6.01. The van der Waals surface area contributed by atoms with Crippen molar-refractivity contribution in [3.05, 3.63) is 52.9 Å². The number of thiazole rings is 1. The fraction of sp³-hybridized carbons (Fsp3) is 0.286. The standard InChI is InChI=1S/C21H20N4O5S/c26-19(22-14-1-2-16-17(9-14)30-8-7-29-16)11-25-5-3-15-18(10-25)31-21(23-15)24-20(27)13-4-6-28-12-13/h1-2,4,6,9,12H,3,5,7-8,10-11H2,(H,22,26)(H,23,24,27). The summed E-state index contributed by atoms with van der Waals surface area (Å²) in [6.45, 7) is 2.63. The third-order valence-electron chi connectivity index (χ3n) is 5.01. The monoisotopic (exact) mass is 440 g/mol. The van der Waals surface area contributed by atoms with E-state index in [-0.39, 0.29) is 18.4 Å². The number of hydrogen-bond donors (Lipinski definition) is 2. The summed E-state index contributed by atoms with van der Waals surface area (Å²) < 4.78 is 16.0. The van der Waals surface area contributed by atoms with Gasteiger partial charge in [-0.3, -0.25) is 19.8 Å². The van der Waals surface area contributed by atoms with E-state index < -0.39 is 0 Å². The average Bonchev–Trinajstić information content (AvgIpc) is 3.43. The molecule has 0 saturated carbocycles. The van der Waals surface area contributed by atoms with Gasteiger partial charge in [0.15, 0.2) is 16.6 Å². The molecule has 0 saturated heterocycles. The van der Waals surface area contributed by atoms with Crippen molar-refractivity contribution in [2.75, 3.05) is 36.9 Å². The minimum Gasteiger partial charge on any atom is -0.486 e. The second-order valence-corrected chi connectivity index (χ2v) is 8.31. The molecule has 2 aliphatic heterocycles. The molecule has 0 radical (unpaired) electrons. The third kappa shape index (κ3) is 4.39. The summed E-state index contributed by atoms with van der Waals surface area (Å²) in [6.07, 6.45) is 3.57. The number of nitrogens with one attached hydrogen (secondary N) is 2. The van der Waals surface area contributed by atoms with Gasteiger partial charge in [-0.25, -0.2) is 4.98 Å². The van der Waals surface area contributed by atoms with Gasteiger partial charge < -0.3 is 19.2 Å². The lowest BCUT2D eigenvalue weighted by Crippen LogP contribution is -2.36. The zero-order chi connectivity index (χ0) is 21.2. The van der Waals surface area contributed by atoms with Gasteiger partial charge in [-0.15, -0.1) is 11.3 Å². The van der Waals surface area contributed by atoms with Crippen LogP contribution in [0.5, 0.6) is 11.5 Å². The van der Waals surface area contributed by atoms with Crippen molar-refractivity contribution < 1.29 is 23.5 Å². The van der Waals surface area contributed by atoms with Crippen molar-refractivity contribution in [1.82, 2.24) is 9.88 Å². The fourth-order valence-corrected chi connectivity index (χ4v) is 4.57. The van der Waals surface area contributed by atoms with Crippen LogP contribution in [0.1, 0.15) is 20.9 Å². The molecule has 9 nitrogen and oxygen atoms in total. The van der Waals surface area contributed by atoms with E-state index in [0.29, 0.717) is 47.6 Å². The molecule has 3 aromatic rings. The van der Waals surface area contributed by atoms with Crippen LogP contribution < -0.4 is 20.1 Å². The molecule has 5 rings (SSSR count). The van der Waals surface area contributed by atoms with Crippen LogP contribution in [0.3, 0.4) is 0 Å². The summed E-state index contributed by atoms with van der Waals surface area (Å²) in [4.78, 5) is 32.4. The molecule has 2 aromatic heterocycles. The first-order valence-corrected chi connectivity index (χ1v) is 10.7. The second-order valence-electron chi connectivity index (χ2n) is 7.22. The highest BCUT2D eigenvalue weighted by Crippen LogP contribution is 2.33. The number of hydrogen-bond acceptors (Lipinski definition) is 8. The maximum Gasteiger partial charge on any atom is 0.260 e. The Bertz CT molecular complexity index is 1110. The predicted molar refractivity (Wildman–Crippen MR) is 114 cm³/mol. The molecule has 160 valence electrons. The number of ether oxygens (including phenoxy) is 2. The van der Waals surface area contributed by atoms with Gasteiger partial charge in [-0.2, -0.15) is 0 Å². The molecule has 2 amide bonds. The topological polar surface area (TPSA) is 106 Å². The Hall–Kier alpha value is -3.37. The molecular weight excluding hydrogens is 420 g/mol. The van der Waals surface area contributed by atoms with Gasteiger partial charge in [0.1, 0.15) is 19.5 Å². The Labute approximate surface area is 182 Å². The van der Waals surface area contributed by atoms with Crippen LogP contribution >= 0.6 is 11.3 Å². The Kier molecular flexibility index (Phi) is 5.31. The van der Waals surface area contributed by atoms with E-state index in [9.17, 15) is 9.59 Å². The van der Waals surface area contributed by atoms with Gasteiger partial charge in [0.2, 0.25) is 5.91 Å². The zero-order valence-electron chi connectivity index (χ0n) is 16.6.